The molecule has 0 saturated carbocycles. The van der Waals surface area contributed by atoms with Gasteiger partial charge in [0, 0.05) is 11.1 Å². The van der Waals surface area contributed by atoms with Crippen molar-refractivity contribution in [2.45, 2.75) is 6.18 Å². The van der Waals surface area contributed by atoms with Crippen LogP contribution in [0.15, 0.2) is 18.3 Å². The van der Waals surface area contributed by atoms with Gasteiger partial charge in [0.05, 0.1) is 23.9 Å². The maximum Gasteiger partial charge on any atom is 0.416 e. The Morgan fingerprint density at radius 3 is 2.47 bits per heavy atom. The number of ether oxygens (including phenoxy) is 1. The maximum atomic E-state index is 12.8. The van der Waals surface area contributed by atoms with Crippen LogP contribution in [-0.4, -0.2) is 17.3 Å². The molecule has 0 amide bonds. The molecule has 0 bridgehead atoms. The molecule has 0 saturated heterocycles. The van der Waals surface area contributed by atoms with Crippen LogP contribution < -0.4 is 10.5 Å². The normalized spacial score (nSPS) is 11.6. The molecule has 19 heavy (non-hydrogen) atoms. The van der Waals surface area contributed by atoms with Gasteiger partial charge >= 0.3 is 6.18 Å². The average molecular weight is 292 g/mol. The van der Waals surface area contributed by atoms with Crippen molar-refractivity contribution >= 4 is 17.4 Å². The van der Waals surface area contributed by atoms with Crippen molar-refractivity contribution < 1.29 is 17.9 Å². The van der Waals surface area contributed by atoms with E-state index < -0.39 is 11.7 Å². The van der Waals surface area contributed by atoms with E-state index in [0.717, 1.165) is 12.1 Å². The fourth-order valence-corrected chi connectivity index (χ4v) is 1.97. The number of hydrogen-bond acceptors (Lipinski definition) is 3. The minimum atomic E-state index is -4.51. The molecule has 102 valence electrons. The standard InChI is InChI=1S/C11H9ClF3N3O/c1-19-9-6(7-4-17-18-10(7)16)2-5(3-8(9)12)11(13,14)15/h2-4H,1H3,(H3,16,17,18). The molecular formula is C11H9ClF3N3O. The molecule has 2 aromatic rings. The Kier molecular flexibility index (Phi) is 3.32. The van der Waals surface area contributed by atoms with Gasteiger partial charge in [-0.15, -0.1) is 0 Å². The molecule has 1 aromatic carbocycles. The van der Waals surface area contributed by atoms with Gasteiger partial charge in [-0.25, -0.2) is 0 Å². The van der Waals surface area contributed by atoms with Gasteiger partial charge in [0.2, 0.25) is 0 Å². The summed E-state index contributed by atoms with van der Waals surface area (Å²) in [6.07, 6.45) is -3.20. The lowest BCUT2D eigenvalue weighted by atomic mass is 10.0. The molecule has 0 aliphatic heterocycles. The fraction of sp³-hybridized carbons (Fsp3) is 0.182. The van der Waals surface area contributed by atoms with Crippen LogP contribution in [0.1, 0.15) is 5.56 Å². The summed E-state index contributed by atoms with van der Waals surface area (Å²) in [7, 11) is 1.31. The van der Waals surface area contributed by atoms with E-state index in [1.54, 1.807) is 0 Å². The summed E-state index contributed by atoms with van der Waals surface area (Å²) in [5.74, 6) is 0.247. The number of benzene rings is 1. The fourth-order valence-electron chi connectivity index (χ4n) is 1.68. The lowest BCUT2D eigenvalue weighted by Gasteiger charge is -2.14. The summed E-state index contributed by atoms with van der Waals surface area (Å²) >= 11 is 5.81. The number of aromatic nitrogens is 2. The highest BCUT2D eigenvalue weighted by Gasteiger charge is 2.32. The van der Waals surface area contributed by atoms with Crippen molar-refractivity contribution in [2.75, 3.05) is 12.8 Å². The van der Waals surface area contributed by atoms with Gasteiger partial charge in [-0.2, -0.15) is 18.3 Å². The number of alkyl halides is 3. The zero-order valence-electron chi connectivity index (χ0n) is 9.68. The lowest BCUT2D eigenvalue weighted by Crippen LogP contribution is -2.06. The topological polar surface area (TPSA) is 63.9 Å². The van der Waals surface area contributed by atoms with Crippen molar-refractivity contribution in [3.8, 4) is 16.9 Å². The lowest BCUT2D eigenvalue weighted by molar-refractivity contribution is -0.137. The van der Waals surface area contributed by atoms with Crippen molar-refractivity contribution in [2.24, 2.45) is 0 Å². The minimum absolute atomic E-state index is 0.114. The number of nitrogens with zero attached hydrogens (tertiary/aromatic N) is 1. The van der Waals surface area contributed by atoms with Crippen LogP contribution in [0.3, 0.4) is 0 Å². The van der Waals surface area contributed by atoms with Gasteiger partial charge in [-0.05, 0) is 12.1 Å². The van der Waals surface area contributed by atoms with E-state index in [9.17, 15) is 13.2 Å². The summed E-state index contributed by atoms with van der Waals surface area (Å²) in [4.78, 5) is 0. The van der Waals surface area contributed by atoms with Crippen molar-refractivity contribution in [1.82, 2.24) is 10.2 Å². The number of hydrogen-bond donors (Lipinski definition) is 2. The summed E-state index contributed by atoms with van der Waals surface area (Å²) in [6, 6.07) is 1.73. The Morgan fingerprint density at radius 2 is 2.00 bits per heavy atom. The predicted octanol–water partition coefficient (Wildman–Crippen LogP) is 3.34. The Morgan fingerprint density at radius 1 is 1.32 bits per heavy atom. The highest BCUT2D eigenvalue weighted by molar-refractivity contribution is 6.32. The van der Waals surface area contributed by atoms with Crippen LogP contribution in [-0.2, 0) is 6.18 Å². The number of anilines is 1. The zero-order valence-corrected chi connectivity index (χ0v) is 10.4. The minimum Gasteiger partial charge on any atom is -0.495 e. The third kappa shape index (κ3) is 2.46. The predicted molar refractivity (Wildman–Crippen MR) is 65.0 cm³/mol. The Labute approximate surface area is 111 Å². The van der Waals surface area contributed by atoms with Crippen molar-refractivity contribution in [3.05, 3.63) is 28.9 Å². The van der Waals surface area contributed by atoms with E-state index in [1.165, 1.54) is 13.3 Å². The van der Waals surface area contributed by atoms with Gasteiger partial charge in [0.1, 0.15) is 11.6 Å². The second-order valence-corrected chi connectivity index (χ2v) is 4.14. The summed E-state index contributed by atoms with van der Waals surface area (Å²) in [5, 5.41) is 5.96. The van der Waals surface area contributed by atoms with E-state index >= 15 is 0 Å². The number of methoxy groups -OCH3 is 1. The van der Waals surface area contributed by atoms with E-state index in [1.807, 2.05) is 0 Å². The zero-order chi connectivity index (χ0) is 14.2. The summed E-state index contributed by atoms with van der Waals surface area (Å²) in [5.41, 5.74) is 5.16. The van der Waals surface area contributed by atoms with Gasteiger partial charge in [-0.3, -0.25) is 5.10 Å². The Bertz CT molecular complexity index is 610. The first-order valence-corrected chi connectivity index (χ1v) is 5.46. The molecule has 2 rings (SSSR count). The number of halogens is 4. The quantitative estimate of drug-likeness (QED) is 0.892. The Balaban J connectivity index is 2.71. The molecular weight excluding hydrogens is 283 g/mol. The highest BCUT2D eigenvalue weighted by atomic mass is 35.5. The second-order valence-electron chi connectivity index (χ2n) is 3.73. The van der Waals surface area contributed by atoms with Gasteiger partial charge < -0.3 is 10.5 Å². The van der Waals surface area contributed by atoms with Gasteiger partial charge in [0.25, 0.3) is 0 Å². The van der Waals surface area contributed by atoms with Crippen LogP contribution in [0.5, 0.6) is 5.75 Å². The first-order valence-electron chi connectivity index (χ1n) is 5.08. The first kappa shape index (κ1) is 13.5. The number of nitrogens with one attached hydrogen (secondary N) is 1. The molecule has 1 aromatic heterocycles. The molecule has 0 unspecified atom stereocenters. The van der Waals surface area contributed by atoms with E-state index in [2.05, 4.69) is 10.2 Å². The molecule has 1 heterocycles. The molecule has 0 spiro atoms. The van der Waals surface area contributed by atoms with E-state index in [-0.39, 0.29) is 22.2 Å². The monoisotopic (exact) mass is 291 g/mol. The third-order valence-corrected chi connectivity index (χ3v) is 2.81. The number of aromatic amines is 1. The molecule has 8 heteroatoms. The van der Waals surface area contributed by atoms with Crippen LogP contribution in [0.4, 0.5) is 19.0 Å². The van der Waals surface area contributed by atoms with Crippen molar-refractivity contribution in [1.29, 1.82) is 0 Å². The van der Waals surface area contributed by atoms with Crippen LogP contribution in [0.2, 0.25) is 5.02 Å². The smallest absolute Gasteiger partial charge is 0.416 e. The van der Waals surface area contributed by atoms with Crippen molar-refractivity contribution in [3.63, 3.8) is 0 Å². The number of rotatable bonds is 2. The molecule has 0 radical (unpaired) electrons. The Hall–Kier alpha value is -1.89. The van der Waals surface area contributed by atoms with E-state index in [0.29, 0.717) is 5.56 Å². The average Bonchev–Trinajstić information content (AvgIpc) is 2.73. The molecule has 4 nitrogen and oxygen atoms in total. The SMILES string of the molecule is COc1c(Cl)cc(C(F)(F)F)cc1-c1cn[nH]c1N. The van der Waals surface area contributed by atoms with Gasteiger partial charge in [-0.1, -0.05) is 11.6 Å². The summed E-state index contributed by atoms with van der Waals surface area (Å²) in [6.45, 7) is 0. The summed E-state index contributed by atoms with van der Waals surface area (Å²) < 4.78 is 43.3. The van der Waals surface area contributed by atoms with E-state index in [4.69, 9.17) is 22.1 Å². The number of H-pyrrole nitrogens is 1. The maximum absolute atomic E-state index is 12.8. The van der Waals surface area contributed by atoms with Crippen LogP contribution >= 0.6 is 11.6 Å². The van der Waals surface area contributed by atoms with Crippen LogP contribution in [0, 0.1) is 0 Å². The number of nitrogens with two attached hydrogens (primary N) is 1. The second kappa shape index (κ2) is 4.65. The van der Waals surface area contributed by atoms with Gasteiger partial charge in [0.15, 0.2) is 0 Å². The molecule has 0 aliphatic carbocycles. The molecule has 0 atom stereocenters. The first-order chi connectivity index (χ1) is 8.84. The molecule has 0 fully saturated rings. The molecule has 3 N–H and O–H groups in total. The van der Waals surface area contributed by atoms with Crippen LogP contribution in [0.25, 0.3) is 11.1 Å². The number of nitrogen functional groups attached to an aromatic ring is 1. The highest BCUT2D eigenvalue weighted by Crippen LogP contribution is 2.42. The largest absolute Gasteiger partial charge is 0.495 e. The third-order valence-electron chi connectivity index (χ3n) is 2.53. The molecule has 0 aliphatic rings.